The van der Waals surface area contributed by atoms with Crippen LogP contribution in [0.1, 0.15) is 5.56 Å². The zero-order valence-electron chi connectivity index (χ0n) is 15.1. The monoisotopic (exact) mass is 348 g/mol. The molecule has 3 aromatic carbocycles. The maximum atomic E-state index is 10.4. The molecule has 0 aliphatic carbocycles. The summed E-state index contributed by atoms with van der Waals surface area (Å²) in [4.78, 5) is 4.82. The van der Waals surface area contributed by atoms with E-state index in [9.17, 15) is 5.11 Å². The zero-order valence-corrected chi connectivity index (χ0v) is 15.1. The number of phenolic OH excluding ortho intramolecular Hbond substituents is 1. The van der Waals surface area contributed by atoms with Gasteiger partial charge in [-0.1, -0.05) is 30.3 Å². The Balaban J connectivity index is 1.45. The first-order chi connectivity index (χ1) is 12.7. The van der Waals surface area contributed by atoms with Crippen LogP contribution in [-0.4, -0.2) is 43.3 Å². The van der Waals surface area contributed by atoms with E-state index in [4.69, 9.17) is 4.74 Å². The van der Waals surface area contributed by atoms with Gasteiger partial charge in [0.15, 0.2) is 0 Å². The summed E-state index contributed by atoms with van der Waals surface area (Å²) in [6.07, 6.45) is 0. The number of anilines is 1. The second-order valence-electron chi connectivity index (χ2n) is 6.75. The molecule has 3 aromatic rings. The van der Waals surface area contributed by atoms with Gasteiger partial charge in [0.2, 0.25) is 0 Å². The Kier molecular flexibility index (Phi) is 4.67. The number of piperazine rings is 1. The van der Waals surface area contributed by atoms with Crippen molar-refractivity contribution in [3.8, 4) is 11.5 Å². The number of phenols is 1. The molecular formula is C22H24N2O2. The van der Waals surface area contributed by atoms with E-state index in [1.165, 1.54) is 11.1 Å². The molecule has 1 N–H and O–H groups in total. The molecule has 1 heterocycles. The van der Waals surface area contributed by atoms with Gasteiger partial charge in [-0.05, 0) is 41.1 Å². The summed E-state index contributed by atoms with van der Waals surface area (Å²) in [6, 6.07) is 20.3. The van der Waals surface area contributed by atoms with Crippen LogP contribution < -0.4 is 9.64 Å². The molecule has 0 saturated carbocycles. The first-order valence-corrected chi connectivity index (χ1v) is 9.05. The minimum absolute atomic E-state index is 0.390. The van der Waals surface area contributed by atoms with Crippen LogP contribution >= 0.6 is 0 Å². The largest absolute Gasteiger partial charge is 0.508 e. The fraction of sp³-hybridized carbons (Fsp3) is 0.273. The number of benzene rings is 3. The summed E-state index contributed by atoms with van der Waals surface area (Å²) < 4.78 is 5.24. The Bertz CT molecular complexity index is 884. The second kappa shape index (κ2) is 7.26. The van der Waals surface area contributed by atoms with Gasteiger partial charge in [0, 0.05) is 44.0 Å². The molecule has 4 rings (SSSR count). The number of ether oxygens (including phenoxy) is 1. The van der Waals surface area contributed by atoms with Crippen molar-refractivity contribution in [3.63, 3.8) is 0 Å². The molecule has 134 valence electrons. The summed E-state index contributed by atoms with van der Waals surface area (Å²) in [5.74, 6) is 1.28. The van der Waals surface area contributed by atoms with E-state index in [2.05, 4.69) is 34.1 Å². The first-order valence-electron chi connectivity index (χ1n) is 9.05. The third-order valence-electron chi connectivity index (χ3n) is 5.21. The van der Waals surface area contributed by atoms with Crippen molar-refractivity contribution in [2.75, 3.05) is 38.2 Å². The number of rotatable bonds is 4. The number of fused-ring (bicyclic) bond motifs is 1. The lowest BCUT2D eigenvalue weighted by Gasteiger charge is -2.36. The summed E-state index contributed by atoms with van der Waals surface area (Å²) >= 11 is 0. The predicted octanol–water partition coefficient (Wildman–Crippen LogP) is 3.88. The Morgan fingerprint density at radius 2 is 1.62 bits per heavy atom. The van der Waals surface area contributed by atoms with E-state index in [1.807, 2.05) is 36.4 Å². The number of methoxy groups -OCH3 is 1. The quantitative estimate of drug-likeness (QED) is 0.776. The highest BCUT2D eigenvalue weighted by Gasteiger charge is 2.19. The highest BCUT2D eigenvalue weighted by atomic mass is 16.5. The van der Waals surface area contributed by atoms with Gasteiger partial charge in [-0.3, -0.25) is 4.90 Å². The summed E-state index contributed by atoms with van der Waals surface area (Å²) in [7, 11) is 1.69. The van der Waals surface area contributed by atoms with Crippen LogP contribution in [0.25, 0.3) is 10.8 Å². The van der Waals surface area contributed by atoms with Crippen molar-refractivity contribution in [2.45, 2.75) is 6.54 Å². The predicted molar refractivity (Wildman–Crippen MR) is 106 cm³/mol. The molecule has 0 atom stereocenters. The van der Waals surface area contributed by atoms with Crippen LogP contribution in [0.4, 0.5) is 5.69 Å². The van der Waals surface area contributed by atoms with Crippen LogP contribution in [0.2, 0.25) is 0 Å². The Hall–Kier alpha value is -2.72. The van der Waals surface area contributed by atoms with E-state index in [1.54, 1.807) is 7.11 Å². The van der Waals surface area contributed by atoms with Crippen molar-refractivity contribution in [1.82, 2.24) is 4.90 Å². The van der Waals surface area contributed by atoms with Crippen molar-refractivity contribution in [2.24, 2.45) is 0 Å². The van der Waals surface area contributed by atoms with Crippen LogP contribution in [-0.2, 0) is 6.54 Å². The van der Waals surface area contributed by atoms with Crippen LogP contribution in [0.15, 0.2) is 60.7 Å². The topological polar surface area (TPSA) is 35.9 Å². The third kappa shape index (κ3) is 3.33. The molecule has 1 aliphatic heterocycles. The van der Waals surface area contributed by atoms with Crippen LogP contribution in [0.5, 0.6) is 11.5 Å². The Morgan fingerprint density at radius 1 is 0.885 bits per heavy atom. The summed E-state index contributed by atoms with van der Waals surface area (Å²) in [5.41, 5.74) is 2.26. The number of hydrogen-bond acceptors (Lipinski definition) is 4. The molecular weight excluding hydrogens is 324 g/mol. The molecule has 0 aromatic heterocycles. The van der Waals surface area contributed by atoms with Gasteiger partial charge in [0.25, 0.3) is 0 Å². The molecule has 0 spiro atoms. The number of hydrogen-bond donors (Lipinski definition) is 1. The van der Waals surface area contributed by atoms with Gasteiger partial charge in [-0.15, -0.1) is 0 Å². The molecule has 0 bridgehead atoms. The molecule has 0 amide bonds. The molecule has 26 heavy (non-hydrogen) atoms. The molecule has 1 fully saturated rings. The van der Waals surface area contributed by atoms with Crippen molar-refractivity contribution in [3.05, 3.63) is 66.2 Å². The number of aromatic hydroxyl groups is 1. The SMILES string of the molecule is COc1ccc(N2CCN(Cc3c(O)ccc4ccccc34)CC2)cc1. The van der Waals surface area contributed by atoms with E-state index < -0.39 is 0 Å². The Morgan fingerprint density at radius 3 is 2.35 bits per heavy atom. The maximum Gasteiger partial charge on any atom is 0.120 e. The fourth-order valence-electron chi connectivity index (χ4n) is 3.67. The number of nitrogens with zero attached hydrogens (tertiary/aromatic N) is 2. The van der Waals surface area contributed by atoms with Crippen molar-refractivity contribution in [1.29, 1.82) is 0 Å². The Labute approximate surface area is 154 Å². The molecule has 0 radical (unpaired) electrons. The molecule has 1 aliphatic rings. The van der Waals surface area contributed by atoms with Gasteiger partial charge in [-0.2, -0.15) is 0 Å². The average Bonchev–Trinajstić information content (AvgIpc) is 2.71. The molecule has 4 heteroatoms. The van der Waals surface area contributed by atoms with Gasteiger partial charge < -0.3 is 14.7 Å². The van der Waals surface area contributed by atoms with Gasteiger partial charge in [-0.25, -0.2) is 0 Å². The highest BCUT2D eigenvalue weighted by Crippen LogP contribution is 2.29. The van der Waals surface area contributed by atoms with E-state index >= 15 is 0 Å². The molecule has 1 saturated heterocycles. The highest BCUT2D eigenvalue weighted by molar-refractivity contribution is 5.87. The van der Waals surface area contributed by atoms with E-state index in [0.29, 0.717) is 5.75 Å². The normalized spacial score (nSPS) is 15.3. The van der Waals surface area contributed by atoms with Gasteiger partial charge >= 0.3 is 0 Å². The minimum atomic E-state index is 0.390. The van der Waals surface area contributed by atoms with E-state index in [0.717, 1.165) is 49.4 Å². The van der Waals surface area contributed by atoms with E-state index in [-0.39, 0.29) is 0 Å². The maximum absolute atomic E-state index is 10.4. The van der Waals surface area contributed by atoms with Crippen LogP contribution in [0, 0.1) is 0 Å². The fourth-order valence-corrected chi connectivity index (χ4v) is 3.67. The lowest BCUT2D eigenvalue weighted by molar-refractivity contribution is 0.247. The average molecular weight is 348 g/mol. The smallest absolute Gasteiger partial charge is 0.120 e. The molecule has 0 unspecified atom stereocenters. The van der Waals surface area contributed by atoms with Crippen molar-refractivity contribution < 1.29 is 9.84 Å². The van der Waals surface area contributed by atoms with Gasteiger partial charge in [0.05, 0.1) is 7.11 Å². The lowest BCUT2D eigenvalue weighted by Crippen LogP contribution is -2.46. The summed E-state index contributed by atoms with van der Waals surface area (Å²) in [5, 5.41) is 12.7. The summed E-state index contributed by atoms with van der Waals surface area (Å²) in [6.45, 7) is 4.71. The second-order valence-corrected chi connectivity index (χ2v) is 6.75. The molecule has 4 nitrogen and oxygen atoms in total. The van der Waals surface area contributed by atoms with Gasteiger partial charge in [0.1, 0.15) is 11.5 Å². The third-order valence-corrected chi connectivity index (χ3v) is 5.21. The lowest BCUT2D eigenvalue weighted by atomic mass is 10.0. The van der Waals surface area contributed by atoms with Crippen LogP contribution in [0.3, 0.4) is 0 Å². The first kappa shape index (κ1) is 16.7. The minimum Gasteiger partial charge on any atom is -0.508 e. The standard InChI is InChI=1S/C22H24N2O2/c1-26-19-9-7-18(8-10-19)24-14-12-23(13-15-24)16-21-20-5-3-2-4-17(20)6-11-22(21)25/h2-11,25H,12-16H2,1H3. The van der Waals surface area contributed by atoms with Crippen molar-refractivity contribution >= 4 is 16.5 Å². The zero-order chi connectivity index (χ0) is 17.9.